The summed E-state index contributed by atoms with van der Waals surface area (Å²) in [4.78, 5) is 24.8. The van der Waals surface area contributed by atoms with Crippen LogP contribution in [0.15, 0.2) is 0 Å². The van der Waals surface area contributed by atoms with Crippen LogP contribution in [0.1, 0.15) is 44.9 Å². The topological polar surface area (TPSA) is 46.6 Å². The molecule has 0 unspecified atom stereocenters. The highest BCUT2D eigenvalue weighted by atomic mass is 16.5. The summed E-state index contributed by atoms with van der Waals surface area (Å²) in [7, 11) is 0. The summed E-state index contributed by atoms with van der Waals surface area (Å²) in [6, 6.07) is 0. The summed E-state index contributed by atoms with van der Waals surface area (Å²) in [6.07, 6.45) is 11.1. The highest BCUT2D eigenvalue weighted by Gasteiger charge is 2.37. The highest BCUT2D eigenvalue weighted by Crippen LogP contribution is 2.43. The number of terminal acetylenes is 1. The molecule has 2 fully saturated rings. The van der Waals surface area contributed by atoms with Crippen molar-refractivity contribution in [2.45, 2.75) is 44.9 Å². The predicted octanol–water partition coefficient (Wildman–Crippen LogP) is 1.74. The zero-order valence-corrected chi connectivity index (χ0v) is 11.3. The quantitative estimate of drug-likeness (QED) is 0.541. The van der Waals surface area contributed by atoms with Gasteiger partial charge in [-0.2, -0.15) is 0 Å². The van der Waals surface area contributed by atoms with Crippen molar-refractivity contribution in [2.24, 2.45) is 5.41 Å². The van der Waals surface area contributed by atoms with Crippen LogP contribution in [0.2, 0.25) is 0 Å². The van der Waals surface area contributed by atoms with Gasteiger partial charge in [-0.05, 0) is 19.3 Å². The number of hydrogen-bond acceptors (Lipinski definition) is 3. The number of likely N-dealkylation sites (tertiary alicyclic amines) is 1. The Hall–Kier alpha value is -1.50. The minimum Gasteiger partial charge on any atom is -0.465 e. The molecule has 4 heteroatoms. The first-order valence-electron chi connectivity index (χ1n) is 7.02. The van der Waals surface area contributed by atoms with E-state index in [1.54, 1.807) is 4.90 Å². The highest BCUT2D eigenvalue weighted by molar-refractivity contribution is 5.79. The molecule has 0 aromatic rings. The van der Waals surface area contributed by atoms with E-state index in [4.69, 9.17) is 11.2 Å². The molecular weight excluding hydrogens is 242 g/mol. The largest absolute Gasteiger partial charge is 0.465 e. The van der Waals surface area contributed by atoms with Crippen LogP contribution in [-0.2, 0) is 14.3 Å². The van der Waals surface area contributed by atoms with Gasteiger partial charge in [0.2, 0.25) is 5.91 Å². The summed E-state index contributed by atoms with van der Waals surface area (Å²) < 4.78 is 5.32. The molecule has 1 saturated heterocycles. The van der Waals surface area contributed by atoms with Crippen LogP contribution in [-0.4, -0.2) is 36.5 Å². The molecule has 1 saturated carbocycles. The Labute approximate surface area is 114 Å². The molecule has 4 nitrogen and oxygen atoms in total. The minimum absolute atomic E-state index is 0.0356. The molecule has 0 atom stereocenters. The van der Waals surface area contributed by atoms with Gasteiger partial charge in [-0.15, -0.1) is 12.3 Å². The summed E-state index contributed by atoms with van der Waals surface area (Å²) in [5, 5.41) is 0. The molecule has 1 amide bonds. The predicted molar refractivity (Wildman–Crippen MR) is 71.1 cm³/mol. The zero-order valence-electron chi connectivity index (χ0n) is 11.3. The Kier molecular flexibility index (Phi) is 4.47. The smallest absolute Gasteiger partial charge is 0.307 e. The Morgan fingerprint density at radius 3 is 2.74 bits per heavy atom. The standard InChI is InChI=1S/C15H21NO3/c1-2-7-15(8-4-9-15)12-19-14(18)6-11-16-10-3-5-13(16)17/h1H,3-12H2. The molecule has 0 aromatic heterocycles. The maximum absolute atomic E-state index is 11.7. The van der Waals surface area contributed by atoms with Gasteiger partial charge in [0.1, 0.15) is 0 Å². The van der Waals surface area contributed by atoms with Crippen molar-refractivity contribution in [2.75, 3.05) is 19.7 Å². The van der Waals surface area contributed by atoms with E-state index in [1.165, 1.54) is 6.42 Å². The molecule has 1 aliphatic carbocycles. The van der Waals surface area contributed by atoms with E-state index in [0.29, 0.717) is 26.0 Å². The number of esters is 1. The Morgan fingerprint density at radius 1 is 1.42 bits per heavy atom. The lowest BCUT2D eigenvalue weighted by atomic mass is 9.67. The fraction of sp³-hybridized carbons (Fsp3) is 0.733. The first-order valence-corrected chi connectivity index (χ1v) is 7.02. The monoisotopic (exact) mass is 263 g/mol. The van der Waals surface area contributed by atoms with Crippen LogP contribution in [0.25, 0.3) is 0 Å². The average molecular weight is 263 g/mol. The Balaban J connectivity index is 1.67. The molecule has 0 radical (unpaired) electrons. The zero-order chi connectivity index (χ0) is 13.7. The van der Waals surface area contributed by atoms with Crippen LogP contribution >= 0.6 is 0 Å². The molecule has 1 heterocycles. The van der Waals surface area contributed by atoms with E-state index >= 15 is 0 Å². The lowest BCUT2D eigenvalue weighted by Crippen LogP contribution is -2.35. The maximum atomic E-state index is 11.7. The van der Waals surface area contributed by atoms with Gasteiger partial charge in [0, 0.05) is 31.3 Å². The van der Waals surface area contributed by atoms with Gasteiger partial charge in [0.25, 0.3) is 0 Å². The molecular formula is C15H21NO3. The van der Waals surface area contributed by atoms with Gasteiger partial charge in [0.05, 0.1) is 13.0 Å². The van der Waals surface area contributed by atoms with E-state index in [0.717, 1.165) is 25.8 Å². The average Bonchev–Trinajstić information content (AvgIpc) is 2.75. The Morgan fingerprint density at radius 2 is 2.21 bits per heavy atom. The van der Waals surface area contributed by atoms with Crippen molar-refractivity contribution in [1.82, 2.24) is 4.90 Å². The number of amides is 1. The number of rotatable bonds is 6. The molecule has 2 rings (SSSR count). The van der Waals surface area contributed by atoms with Gasteiger partial charge in [-0.25, -0.2) is 0 Å². The molecule has 104 valence electrons. The van der Waals surface area contributed by atoms with Crippen molar-refractivity contribution in [1.29, 1.82) is 0 Å². The second kappa shape index (κ2) is 6.10. The number of carbonyl (C=O) groups is 2. The van der Waals surface area contributed by atoms with E-state index in [2.05, 4.69) is 5.92 Å². The van der Waals surface area contributed by atoms with Crippen molar-refractivity contribution < 1.29 is 14.3 Å². The third-order valence-electron chi connectivity index (χ3n) is 4.19. The van der Waals surface area contributed by atoms with Crippen LogP contribution in [0.5, 0.6) is 0 Å². The normalized spacial score (nSPS) is 20.8. The number of hydrogen-bond donors (Lipinski definition) is 0. The third-order valence-corrected chi connectivity index (χ3v) is 4.19. The fourth-order valence-corrected chi connectivity index (χ4v) is 2.74. The summed E-state index contributed by atoms with van der Waals surface area (Å²) in [6.45, 7) is 1.69. The Bertz CT molecular complexity index is 393. The van der Waals surface area contributed by atoms with Crippen LogP contribution in [0, 0.1) is 17.8 Å². The number of carbonyl (C=O) groups excluding carboxylic acids is 2. The van der Waals surface area contributed by atoms with Crippen molar-refractivity contribution in [3.05, 3.63) is 0 Å². The first kappa shape index (κ1) is 13.9. The van der Waals surface area contributed by atoms with Crippen LogP contribution in [0.3, 0.4) is 0 Å². The molecule has 0 aromatic carbocycles. The van der Waals surface area contributed by atoms with Gasteiger partial charge in [-0.1, -0.05) is 6.42 Å². The lowest BCUT2D eigenvalue weighted by molar-refractivity contribution is -0.150. The van der Waals surface area contributed by atoms with Gasteiger partial charge in [0.15, 0.2) is 0 Å². The van der Waals surface area contributed by atoms with Crippen molar-refractivity contribution in [3.63, 3.8) is 0 Å². The molecule has 0 spiro atoms. The maximum Gasteiger partial charge on any atom is 0.307 e. The summed E-state index contributed by atoms with van der Waals surface area (Å²) in [5.41, 5.74) is 0.0356. The lowest BCUT2D eigenvalue weighted by Gasteiger charge is -2.39. The van der Waals surface area contributed by atoms with E-state index in [-0.39, 0.29) is 23.7 Å². The number of nitrogens with zero attached hydrogens (tertiary/aromatic N) is 1. The second-order valence-electron chi connectivity index (χ2n) is 5.63. The van der Waals surface area contributed by atoms with Gasteiger partial charge >= 0.3 is 5.97 Å². The minimum atomic E-state index is -0.219. The molecule has 0 bridgehead atoms. The van der Waals surface area contributed by atoms with E-state index < -0.39 is 0 Å². The molecule has 19 heavy (non-hydrogen) atoms. The van der Waals surface area contributed by atoms with Gasteiger partial charge in [-0.3, -0.25) is 9.59 Å². The second-order valence-corrected chi connectivity index (χ2v) is 5.63. The molecule has 1 aliphatic heterocycles. The van der Waals surface area contributed by atoms with Gasteiger partial charge < -0.3 is 9.64 Å². The molecule has 2 aliphatic rings. The number of ether oxygens (including phenoxy) is 1. The van der Waals surface area contributed by atoms with Crippen LogP contribution < -0.4 is 0 Å². The summed E-state index contributed by atoms with van der Waals surface area (Å²) in [5.74, 6) is 2.60. The van der Waals surface area contributed by atoms with E-state index in [1.807, 2.05) is 0 Å². The first-order chi connectivity index (χ1) is 9.15. The van der Waals surface area contributed by atoms with Crippen molar-refractivity contribution in [3.8, 4) is 12.3 Å². The SMILES string of the molecule is C#CCC1(COC(=O)CCN2CCCC2=O)CCC1. The molecule has 0 N–H and O–H groups in total. The third kappa shape index (κ3) is 3.50. The summed E-state index contributed by atoms with van der Waals surface area (Å²) >= 11 is 0. The van der Waals surface area contributed by atoms with Crippen LogP contribution in [0.4, 0.5) is 0 Å². The van der Waals surface area contributed by atoms with E-state index in [9.17, 15) is 9.59 Å². The van der Waals surface area contributed by atoms with Crippen molar-refractivity contribution >= 4 is 11.9 Å². The fourth-order valence-electron chi connectivity index (χ4n) is 2.74.